The number of likely N-dealkylation sites (N-methyl/N-ethyl adjacent to an activating group) is 2. The zero-order chi connectivity index (χ0) is 24.6. The van der Waals surface area contributed by atoms with Crippen LogP contribution in [0, 0.1) is 11.3 Å². The summed E-state index contributed by atoms with van der Waals surface area (Å²) < 4.78 is 0. The molecule has 0 aliphatic carbocycles. The number of rotatable bonds is 12. The van der Waals surface area contributed by atoms with Gasteiger partial charge in [0.15, 0.2) is 0 Å². The number of hydrogen-bond donors (Lipinski definition) is 3. The average Bonchev–Trinajstić information content (AvgIpc) is 2.67. The van der Waals surface area contributed by atoms with E-state index in [0.29, 0.717) is 12.8 Å². The third kappa shape index (κ3) is 7.95. The number of carboxylic acid groups (broad SMARTS) is 1. The van der Waals surface area contributed by atoms with E-state index in [4.69, 9.17) is 0 Å². The molecule has 0 aromatic rings. The molecular formula is C24H45N3O4. The molecule has 0 saturated carbocycles. The van der Waals surface area contributed by atoms with E-state index in [9.17, 15) is 19.5 Å². The van der Waals surface area contributed by atoms with E-state index in [1.807, 2.05) is 48.5 Å². The normalized spacial score (nSPS) is 14.9. The number of amides is 2. The Morgan fingerprint density at radius 1 is 1.06 bits per heavy atom. The van der Waals surface area contributed by atoms with E-state index in [2.05, 4.69) is 10.6 Å². The minimum atomic E-state index is -1.01. The second-order valence-electron chi connectivity index (χ2n) is 9.94. The third-order valence-electron chi connectivity index (χ3n) is 5.89. The Morgan fingerprint density at radius 2 is 1.55 bits per heavy atom. The topological polar surface area (TPSA) is 98.7 Å². The molecule has 7 heteroatoms. The molecule has 7 nitrogen and oxygen atoms in total. The Bertz CT molecular complexity index is 644. The van der Waals surface area contributed by atoms with Gasteiger partial charge in [-0.15, -0.1) is 0 Å². The molecular weight excluding hydrogens is 394 g/mol. The zero-order valence-electron chi connectivity index (χ0n) is 21.3. The van der Waals surface area contributed by atoms with E-state index in [1.165, 1.54) is 6.92 Å². The maximum atomic E-state index is 13.6. The lowest BCUT2D eigenvalue weighted by molar-refractivity contribution is -0.142. The maximum absolute atomic E-state index is 13.6. The van der Waals surface area contributed by atoms with Gasteiger partial charge in [-0.25, -0.2) is 4.79 Å². The van der Waals surface area contributed by atoms with Crippen LogP contribution in [0.5, 0.6) is 0 Å². The molecule has 0 saturated heterocycles. The monoisotopic (exact) mass is 439 g/mol. The molecule has 31 heavy (non-hydrogen) atoms. The maximum Gasteiger partial charge on any atom is 0.331 e. The van der Waals surface area contributed by atoms with Crippen LogP contribution in [0.3, 0.4) is 0 Å². The van der Waals surface area contributed by atoms with Crippen LogP contribution in [-0.2, 0) is 14.4 Å². The molecule has 0 aliphatic heterocycles. The number of aliphatic carboxylic acids is 1. The van der Waals surface area contributed by atoms with Gasteiger partial charge in [0.2, 0.25) is 11.8 Å². The van der Waals surface area contributed by atoms with Crippen molar-refractivity contribution in [3.8, 4) is 0 Å². The number of nitrogens with one attached hydrogen (secondary N) is 2. The molecule has 0 spiro atoms. The third-order valence-corrected chi connectivity index (χ3v) is 5.89. The highest BCUT2D eigenvalue weighted by Gasteiger charge is 2.42. The van der Waals surface area contributed by atoms with Crippen LogP contribution in [0.1, 0.15) is 81.1 Å². The summed E-state index contributed by atoms with van der Waals surface area (Å²) >= 11 is 0. The van der Waals surface area contributed by atoms with E-state index < -0.39 is 29.0 Å². The lowest BCUT2D eigenvalue weighted by atomic mass is 9.82. The van der Waals surface area contributed by atoms with Gasteiger partial charge in [0, 0.05) is 12.6 Å². The number of carbonyl (C=O) groups excluding carboxylic acids is 2. The molecule has 2 amide bonds. The Morgan fingerprint density at radius 3 is 1.87 bits per heavy atom. The number of nitrogens with zero attached hydrogens (tertiary/aromatic N) is 1. The van der Waals surface area contributed by atoms with Gasteiger partial charge < -0.3 is 20.6 Å². The minimum Gasteiger partial charge on any atom is -0.478 e. The average molecular weight is 440 g/mol. The highest BCUT2D eigenvalue weighted by atomic mass is 16.4. The van der Waals surface area contributed by atoms with Crippen LogP contribution >= 0.6 is 0 Å². The summed E-state index contributed by atoms with van der Waals surface area (Å²) in [6, 6.07) is -1.14. The van der Waals surface area contributed by atoms with Gasteiger partial charge in [0.25, 0.3) is 0 Å². The van der Waals surface area contributed by atoms with Gasteiger partial charge in [-0.1, -0.05) is 67.4 Å². The van der Waals surface area contributed by atoms with Crippen LogP contribution < -0.4 is 10.6 Å². The SMILES string of the molecule is CCCC(CCC)(NC)C(=O)NC(C(=O)N(C)C(/C=C(\C)C(=O)O)C(C)C)C(C)(C)C. The van der Waals surface area contributed by atoms with Gasteiger partial charge in [0.05, 0.1) is 11.6 Å². The van der Waals surface area contributed by atoms with Gasteiger partial charge in [0.1, 0.15) is 6.04 Å². The molecule has 0 aromatic carbocycles. The quantitative estimate of drug-likeness (QED) is 0.404. The molecule has 0 aliphatic rings. The molecule has 2 atom stereocenters. The second kappa shape index (κ2) is 12.2. The van der Waals surface area contributed by atoms with E-state index in [1.54, 1.807) is 25.1 Å². The van der Waals surface area contributed by atoms with Crippen LogP contribution in [-0.4, -0.2) is 59.5 Å². The van der Waals surface area contributed by atoms with Crippen molar-refractivity contribution in [1.82, 2.24) is 15.5 Å². The van der Waals surface area contributed by atoms with Crippen molar-refractivity contribution in [3.63, 3.8) is 0 Å². The Hall–Kier alpha value is -1.89. The van der Waals surface area contributed by atoms with Crippen molar-refractivity contribution in [2.45, 2.75) is 98.7 Å². The van der Waals surface area contributed by atoms with Crippen LogP contribution in [0.15, 0.2) is 11.6 Å². The van der Waals surface area contributed by atoms with Crippen LogP contribution in [0.25, 0.3) is 0 Å². The first-order valence-electron chi connectivity index (χ1n) is 11.4. The summed E-state index contributed by atoms with van der Waals surface area (Å²) in [5.74, 6) is -1.40. The largest absolute Gasteiger partial charge is 0.478 e. The number of hydrogen-bond acceptors (Lipinski definition) is 4. The zero-order valence-corrected chi connectivity index (χ0v) is 21.3. The summed E-state index contributed by atoms with van der Waals surface area (Å²) in [5, 5.41) is 15.5. The Balaban J connectivity index is 6.04. The first kappa shape index (κ1) is 29.1. The minimum absolute atomic E-state index is 0.0103. The fourth-order valence-electron chi connectivity index (χ4n) is 3.92. The molecule has 2 unspecified atom stereocenters. The molecule has 0 aromatic heterocycles. The summed E-state index contributed by atoms with van der Waals surface area (Å²) in [4.78, 5) is 39.8. The highest BCUT2D eigenvalue weighted by molar-refractivity contribution is 5.93. The van der Waals surface area contributed by atoms with E-state index in [0.717, 1.165) is 12.8 Å². The molecule has 0 fully saturated rings. The summed E-state index contributed by atoms with van der Waals surface area (Å²) in [6.07, 6.45) is 4.66. The number of carboxylic acids is 1. The second-order valence-corrected chi connectivity index (χ2v) is 9.94. The van der Waals surface area contributed by atoms with Crippen molar-refractivity contribution in [3.05, 3.63) is 11.6 Å². The van der Waals surface area contributed by atoms with Crippen molar-refractivity contribution < 1.29 is 19.5 Å². The van der Waals surface area contributed by atoms with Gasteiger partial charge in [-0.05, 0) is 38.1 Å². The summed E-state index contributed by atoms with van der Waals surface area (Å²) in [6.45, 7) is 15.3. The lowest BCUT2D eigenvalue weighted by Crippen LogP contribution is -2.63. The first-order chi connectivity index (χ1) is 14.2. The lowest BCUT2D eigenvalue weighted by Gasteiger charge is -2.40. The molecule has 180 valence electrons. The molecule has 0 bridgehead atoms. The molecule has 0 radical (unpaired) electrons. The van der Waals surface area contributed by atoms with E-state index >= 15 is 0 Å². The van der Waals surface area contributed by atoms with Gasteiger partial charge >= 0.3 is 5.97 Å². The van der Waals surface area contributed by atoms with Crippen LogP contribution in [0.2, 0.25) is 0 Å². The molecule has 3 N–H and O–H groups in total. The van der Waals surface area contributed by atoms with Crippen molar-refractivity contribution >= 4 is 17.8 Å². The predicted octanol–water partition coefficient (Wildman–Crippen LogP) is 3.59. The fraction of sp³-hybridized carbons (Fsp3) is 0.792. The van der Waals surface area contributed by atoms with Gasteiger partial charge in [-0.3, -0.25) is 9.59 Å². The van der Waals surface area contributed by atoms with Crippen LogP contribution in [0.4, 0.5) is 0 Å². The molecule has 0 heterocycles. The van der Waals surface area contributed by atoms with E-state index in [-0.39, 0.29) is 23.3 Å². The van der Waals surface area contributed by atoms with Gasteiger partial charge in [-0.2, -0.15) is 0 Å². The standard InChI is InChI=1S/C24H45N3O4/c1-11-13-24(25-9,14-12-2)22(31)26-19(23(6,7)8)20(28)27(10)18(16(3)4)15-17(5)21(29)30/h15-16,18-19,25H,11-14H2,1-10H3,(H,26,31)(H,29,30)/b17-15+. The predicted molar refractivity (Wildman–Crippen MR) is 126 cm³/mol. The fourth-order valence-corrected chi connectivity index (χ4v) is 3.92. The van der Waals surface area contributed by atoms with Crippen molar-refractivity contribution in [2.75, 3.05) is 14.1 Å². The summed E-state index contributed by atoms with van der Waals surface area (Å²) in [5.41, 5.74) is -1.05. The first-order valence-corrected chi connectivity index (χ1v) is 11.4. The Kier molecular flexibility index (Phi) is 11.5. The number of carbonyl (C=O) groups is 3. The van der Waals surface area contributed by atoms with Crippen molar-refractivity contribution in [1.29, 1.82) is 0 Å². The molecule has 0 rings (SSSR count). The highest BCUT2D eigenvalue weighted by Crippen LogP contribution is 2.26. The smallest absolute Gasteiger partial charge is 0.331 e. The van der Waals surface area contributed by atoms with Crippen molar-refractivity contribution in [2.24, 2.45) is 11.3 Å². The Labute approximate surface area is 189 Å². The summed E-state index contributed by atoms with van der Waals surface area (Å²) in [7, 11) is 3.46.